The van der Waals surface area contributed by atoms with Crippen molar-refractivity contribution in [3.05, 3.63) is 59.1 Å². The van der Waals surface area contributed by atoms with E-state index in [2.05, 4.69) is 0 Å². The average Bonchev–Trinajstić information content (AvgIpc) is 2.97. The topological polar surface area (TPSA) is 75.9 Å². The molecule has 0 bridgehead atoms. The standard InChI is InChI=1S/C19H18ClN3O3/c20-13-7-5-12(6-8-13)18-15-11-22(10-9-17(21)24)19(25)23(15)14-3-1-2-4-16(14)26-18/h1-8,15,18H,9-11H2,(H2,21,24). The van der Waals surface area contributed by atoms with Crippen LogP contribution < -0.4 is 15.4 Å². The number of rotatable bonds is 4. The van der Waals surface area contributed by atoms with Crippen molar-refractivity contribution < 1.29 is 14.3 Å². The summed E-state index contributed by atoms with van der Waals surface area (Å²) >= 11 is 6.00. The molecular formula is C19H18ClN3O3. The quantitative estimate of drug-likeness (QED) is 0.897. The summed E-state index contributed by atoms with van der Waals surface area (Å²) in [5.74, 6) is 0.238. The van der Waals surface area contributed by atoms with Crippen LogP contribution in [0.3, 0.4) is 0 Å². The van der Waals surface area contributed by atoms with Crippen molar-refractivity contribution in [2.24, 2.45) is 5.73 Å². The fourth-order valence-electron chi connectivity index (χ4n) is 3.54. The van der Waals surface area contributed by atoms with E-state index in [1.54, 1.807) is 9.80 Å². The van der Waals surface area contributed by atoms with Gasteiger partial charge in [0.1, 0.15) is 11.9 Å². The second kappa shape index (κ2) is 6.53. The summed E-state index contributed by atoms with van der Waals surface area (Å²) < 4.78 is 6.24. The number of fused-ring (bicyclic) bond motifs is 3. The molecule has 0 radical (unpaired) electrons. The van der Waals surface area contributed by atoms with Gasteiger partial charge in [-0.2, -0.15) is 0 Å². The molecule has 7 heteroatoms. The van der Waals surface area contributed by atoms with Gasteiger partial charge in [0, 0.05) is 24.5 Å². The zero-order valence-electron chi connectivity index (χ0n) is 14.0. The van der Waals surface area contributed by atoms with Crippen LogP contribution in [0.15, 0.2) is 48.5 Å². The van der Waals surface area contributed by atoms with Crippen molar-refractivity contribution in [3.8, 4) is 5.75 Å². The highest BCUT2D eigenvalue weighted by atomic mass is 35.5. The highest BCUT2D eigenvalue weighted by Crippen LogP contribution is 2.44. The van der Waals surface area contributed by atoms with E-state index in [9.17, 15) is 9.59 Å². The summed E-state index contributed by atoms with van der Waals surface area (Å²) in [5.41, 5.74) is 6.94. The molecule has 2 heterocycles. The lowest BCUT2D eigenvalue weighted by Gasteiger charge is -2.37. The maximum absolute atomic E-state index is 13.0. The largest absolute Gasteiger partial charge is 0.481 e. The number of primary amides is 1. The van der Waals surface area contributed by atoms with Crippen LogP contribution in [0.2, 0.25) is 5.02 Å². The molecule has 1 fully saturated rings. The van der Waals surface area contributed by atoms with Crippen LogP contribution in [-0.2, 0) is 4.79 Å². The third-order valence-electron chi connectivity index (χ3n) is 4.77. The van der Waals surface area contributed by atoms with Crippen molar-refractivity contribution in [1.82, 2.24) is 4.90 Å². The number of nitrogens with zero attached hydrogens (tertiary/aromatic N) is 2. The fraction of sp³-hybridized carbons (Fsp3) is 0.263. The van der Waals surface area contributed by atoms with Gasteiger partial charge in [0.25, 0.3) is 0 Å². The first kappa shape index (κ1) is 16.7. The molecule has 1 saturated heterocycles. The number of amides is 3. The molecule has 2 aliphatic heterocycles. The first-order valence-electron chi connectivity index (χ1n) is 8.42. The van der Waals surface area contributed by atoms with Crippen LogP contribution in [0.4, 0.5) is 10.5 Å². The molecule has 3 amide bonds. The predicted molar refractivity (Wildman–Crippen MR) is 98.3 cm³/mol. The average molecular weight is 372 g/mol. The van der Waals surface area contributed by atoms with Crippen LogP contribution in [0.5, 0.6) is 5.75 Å². The number of carbonyl (C=O) groups excluding carboxylic acids is 2. The third-order valence-corrected chi connectivity index (χ3v) is 5.02. The lowest BCUT2D eigenvalue weighted by atomic mass is 9.99. The molecule has 2 N–H and O–H groups in total. The number of benzene rings is 2. The summed E-state index contributed by atoms with van der Waals surface area (Å²) in [4.78, 5) is 27.5. The van der Waals surface area contributed by atoms with Crippen molar-refractivity contribution in [2.75, 3.05) is 18.0 Å². The number of urea groups is 1. The minimum Gasteiger partial charge on any atom is -0.481 e. The van der Waals surface area contributed by atoms with Gasteiger partial charge in [-0.3, -0.25) is 9.69 Å². The van der Waals surface area contributed by atoms with Crippen LogP contribution >= 0.6 is 11.6 Å². The zero-order valence-corrected chi connectivity index (χ0v) is 14.7. The van der Waals surface area contributed by atoms with Gasteiger partial charge in [0.2, 0.25) is 5.91 Å². The van der Waals surface area contributed by atoms with Gasteiger partial charge in [-0.05, 0) is 29.8 Å². The Kier molecular flexibility index (Phi) is 4.20. The summed E-state index contributed by atoms with van der Waals surface area (Å²) in [6.07, 6.45) is -0.176. The summed E-state index contributed by atoms with van der Waals surface area (Å²) in [7, 11) is 0. The molecule has 2 unspecified atom stereocenters. The van der Waals surface area contributed by atoms with Gasteiger partial charge >= 0.3 is 6.03 Å². The summed E-state index contributed by atoms with van der Waals surface area (Å²) in [5, 5.41) is 0.646. The highest BCUT2D eigenvalue weighted by molar-refractivity contribution is 6.30. The Hall–Kier alpha value is -2.73. The molecule has 2 aromatic carbocycles. The lowest BCUT2D eigenvalue weighted by Crippen LogP contribution is -2.43. The maximum Gasteiger partial charge on any atom is 0.325 e. The molecule has 26 heavy (non-hydrogen) atoms. The Balaban J connectivity index is 1.71. The Labute approximate surface area is 156 Å². The van der Waals surface area contributed by atoms with Crippen molar-refractivity contribution in [2.45, 2.75) is 18.6 Å². The first-order chi connectivity index (χ1) is 12.5. The Morgan fingerprint density at radius 1 is 1.19 bits per heavy atom. The molecule has 2 atom stereocenters. The van der Waals surface area contributed by atoms with Gasteiger partial charge in [-0.1, -0.05) is 35.9 Å². The molecule has 0 spiro atoms. The van der Waals surface area contributed by atoms with E-state index >= 15 is 0 Å². The van der Waals surface area contributed by atoms with Crippen molar-refractivity contribution in [1.29, 1.82) is 0 Å². The summed E-state index contributed by atoms with van der Waals surface area (Å²) in [6, 6.07) is 14.6. The van der Waals surface area contributed by atoms with Gasteiger partial charge in [0.15, 0.2) is 0 Å². The number of hydrogen-bond acceptors (Lipinski definition) is 3. The molecule has 134 valence electrons. The van der Waals surface area contributed by atoms with Gasteiger partial charge in [-0.25, -0.2) is 4.79 Å². The Morgan fingerprint density at radius 3 is 2.65 bits per heavy atom. The van der Waals surface area contributed by atoms with Crippen LogP contribution in [0.1, 0.15) is 18.1 Å². The lowest BCUT2D eigenvalue weighted by molar-refractivity contribution is -0.118. The predicted octanol–water partition coefficient (Wildman–Crippen LogP) is 2.96. The van der Waals surface area contributed by atoms with Crippen molar-refractivity contribution >= 4 is 29.2 Å². The second-order valence-corrected chi connectivity index (χ2v) is 6.88. The SMILES string of the molecule is NC(=O)CCN1CC2C(c3ccc(Cl)cc3)Oc3ccccc3N2C1=O. The number of anilines is 1. The van der Waals surface area contributed by atoms with Gasteiger partial charge in [0.05, 0.1) is 11.7 Å². The van der Waals surface area contributed by atoms with E-state index in [1.165, 1.54) is 0 Å². The minimum absolute atomic E-state index is 0.133. The number of ether oxygens (including phenoxy) is 1. The van der Waals surface area contributed by atoms with Crippen LogP contribution in [0, 0.1) is 0 Å². The smallest absolute Gasteiger partial charge is 0.325 e. The molecular weight excluding hydrogens is 354 g/mol. The minimum atomic E-state index is -0.423. The van der Waals surface area contributed by atoms with Crippen LogP contribution in [0.25, 0.3) is 0 Å². The third kappa shape index (κ3) is 2.86. The normalized spacial score (nSPS) is 21.2. The fourth-order valence-corrected chi connectivity index (χ4v) is 3.66. The summed E-state index contributed by atoms with van der Waals surface area (Å²) in [6.45, 7) is 0.768. The van der Waals surface area contributed by atoms with Gasteiger partial charge in [-0.15, -0.1) is 0 Å². The Bertz CT molecular complexity index is 855. The zero-order chi connectivity index (χ0) is 18.3. The van der Waals surface area contributed by atoms with E-state index in [1.807, 2.05) is 48.5 Å². The first-order valence-corrected chi connectivity index (χ1v) is 8.80. The van der Waals surface area contributed by atoms with E-state index in [0.29, 0.717) is 23.9 Å². The molecule has 4 rings (SSSR count). The number of para-hydroxylation sites is 2. The number of halogens is 1. The molecule has 0 aromatic heterocycles. The molecule has 0 aliphatic carbocycles. The van der Waals surface area contributed by atoms with E-state index < -0.39 is 5.91 Å². The number of nitrogens with two attached hydrogens (primary N) is 1. The van der Waals surface area contributed by atoms with E-state index in [0.717, 1.165) is 11.3 Å². The Morgan fingerprint density at radius 2 is 1.92 bits per heavy atom. The monoisotopic (exact) mass is 371 g/mol. The molecule has 0 saturated carbocycles. The van der Waals surface area contributed by atoms with Crippen LogP contribution in [-0.4, -0.2) is 36.0 Å². The molecule has 6 nitrogen and oxygen atoms in total. The number of hydrogen-bond donors (Lipinski definition) is 1. The maximum atomic E-state index is 13.0. The molecule has 2 aromatic rings. The highest BCUT2D eigenvalue weighted by Gasteiger charge is 2.47. The van der Waals surface area contributed by atoms with Crippen molar-refractivity contribution in [3.63, 3.8) is 0 Å². The second-order valence-electron chi connectivity index (χ2n) is 6.44. The molecule has 2 aliphatic rings. The number of carbonyl (C=O) groups is 2. The van der Waals surface area contributed by atoms with E-state index in [4.69, 9.17) is 22.1 Å². The van der Waals surface area contributed by atoms with Gasteiger partial charge < -0.3 is 15.4 Å². The van der Waals surface area contributed by atoms with E-state index in [-0.39, 0.29) is 24.6 Å².